The van der Waals surface area contributed by atoms with Crippen molar-refractivity contribution in [3.8, 4) is 11.4 Å². The van der Waals surface area contributed by atoms with Gasteiger partial charge >= 0.3 is 0 Å². The van der Waals surface area contributed by atoms with Crippen LogP contribution in [0.3, 0.4) is 0 Å². The Balaban J connectivity index is 2.60. The van der Waals surface area contributed by atoms with Gasteiger partial charge in [0, 0.05) is 25.0 Å². The van der Waals surface area contributed by atoms with Crippen molar-refractivity contribution in [2.75, 3.05) is 0 Å². The number of aryl methyl sites for hydroxylation is 1. The number of benzene rings is 1. The largest absolute Gasteiger partial charge is 0.334 e. The van der Waals surface area contributed by atoms with E-state index >= 15 is 0 Å². The summed E-state index contributed by atoms with van der Waals surface area (Å²) in [6.07, 6.45) is 3.13. The number of hydrogen-bond donors (Lipinski definition) is 0. The average molecular weight is 212 g/mol. The van der Waals surface area contributed by atoms with Crippen LogP contribution in [0.25, 0.3) is 11.4 Å². The number of halogens is 3. The highest BCUT2D eigenvalue weighted by Crippen LogP contribution is 2.21. The minimum Gasteiger partial charge on any atom is -0.334 e. The van der Waals surface area contributed by atoms with Crippen LogP contribution in [0.15, 0.2) is 24.5 Å². The summed E-state index contributed by atoms with van der Waals surface area (Å²) in [5.74, 6) is -3.51. The van der Waals surface area contributed by atoms with Crippen LogP contribution < -0.4 is 0 Å². The van der Waals surface area contributed by atoms with E-state index in [1.165, 1.54) is 6.20 Å². The number of hydrogen-bond acceptors (Lipinski definition) is 1. The lowest BCUT2D eigenvalue weighted by Gasteiger charge is -2.03. The third-order valence-electron chi connectivity index (χ3n) is 2.06. The Hall–Kier alpha value is -1.78. The zero-order chi connectivity index (χ0) is 11.0. The van der Waals surface area contributed by atoms with Crippen molar-refractivity contribution in [1.82, 2.24) is 9.55 Å². The first-order valence-corrected chi connectivity index (χ1v) is 4.22. The standard InChI is InChI=1S/C10H7F3N2/c1-15-3-2-14-10(15)6-4-7(11)9(13)8(12)5-6/h2-5H,1H3. The monoisotopic (exact) mass is 212 g/mol. The second-order valence-corrected chi connectivity index (χ2v) is 3.12. The van der Waals surface area contributed by atoms with Crippen LogP contribution in [0, 0.1) is 17.5 Å². The summed E-state index contributed by atoms with van der Waals surface area (Å²) in [5, 5.41) is 0. The Morgan fingerprint density at radius 2 is 1.73 bits per heavy atom. The normalized spacial score (nSPS) is 10.7. The van der Waals surface area contributed by atoms with Gasteiger partial charge in [-0.15, -0.1) is 0 Å². The molecule has 0 bridgehead atoms. The molecule has 15 heavy (non-hydrogen) atoms. The second kappa shape index (κ2) is 3.42. The molecule has 0 N–H and O–H groups in total. The molecule has 1 aromatic carbocycles. The number of imidazole rings is 1. The van der Waals surface area contributed by atoms with Gasteiger partial charge in [0.25, 0.3) is 0 Å². The van der Waals surface area contributed by atoms with Crippen molar-refractivity contribution in [3.63, 3.8) is 0 Å². The van der Waals surface area contributed by atoms with Crippen LogP contribution in [-0.4, -0.2) is 9.55 Å². The third kappa shape index (κ3) is 1.60. The smallest absolute Gasteiger partial charge is 0.194 e. The van der Waals surface area contributed by atoms with Crippen molar-refractivity contribution >= 4 is 0 Å². The van der Waals surface area contributed by atoms with E-state index in [1.807, 2.05) is 0 Å². The first-order chi connectivity index (χ1) is 7.09. The van der Waals surface area contributed by atoms with Gasteiger partial charge in [-0.1, -0.05) is 0 Å². The molecule has 5 heteroatoms. The maximum Gasteiger partial charge on any atom is 0.194 e. The van der Waals surface area contributed by atoms with Crippen molar-refractivity contribution in [3.05, 3.63) is 42.0 Å². The number of aromatic nitrogens is 2. The maximum atomic E-state index is 12.9. The minimum absolute atomic E-state index is 0.207. The molecule has 0 unspecified atom stereocenters. The van der Waals surface area contributed by atoms with Gasteiger partial charge in [0.05, 0.1) is 0 Å². The van der Waals surface area contributed by atoms with Gasteiger partial charge < -0.3 is 4.57 Å². The number of nitrogens with zero attached hydrogens (tertiary/aromatic N) is 2. The maximum absolute atomic E-state index is 12.9. The predicted octanol–water partition coefficient (Wildman–Crippen LogP) is 2.50. The molecule has 1 heterocycles. The van der Waals surface area contributed by atoms with E-state index in [9.17, 15) is 13.2 Å². The van der Waals surface area contributed by atoms with Crippen LogP contribution >= 0.6 is 0 Å². The molecule has 0 fully saturated rings. The Labute approximate surface area is 84.0 Å². The van der Waals surface area contributed by atoms with Crippen LogP contribution in [-0.2, 0) is 7.05 Å². The molecule has 0 aliphatic carbocycles. The molecular formula is C10H7F3N2. The first kappa shape index (κ1) is 9.76. The molecular weight excluding hydrogens is 205 g/mol. The summed E-state index contributed by atoms with van der Waals surface area (Å²) in [4.78, 5) is 3.91. The molecule has 2 aromatic rings. The summed E-state index contributed by atoms with van der Waals surface area (Å²) >= 11 is 0. The molecule has 0 radical (unpaired) electrons. The molecule has 1 aromatic heterocycles. The fourth-order valence-corrected chi connectivity index (χ4v) is 1.33. The van der Waals surface area contributed by atoms with E-state index in [1.54, 1.807) is 17.8 Å². The molecule has 2 nitrogen and oxygen atoms in total. The van der Waals surface area contributed by atoms with Gasteiger partial charge in [0.1, 0.15) is 5.82 Å². The third-order valence-corrected chi connectivity index (χ3v) is 2.06. The van der Waals surface area contributed by atoms with E-state index in [2.05, 4.69) is 4.98 Å². The molecule has 0 saturated heterocycles. The van der Waals surface area contributed by atoms with Crippen molar-refractivity contribution in [2.24, 2.45) is 7.05 Å². The summed E-state index contributed by atoms with van der Waals surface area (Å²) < 4.78 is 40.1. The lowest BCUT2D eigenvalue weighted by atomic mass is 10.2. The fourth-order valence-electron chi connectivity index (χ4n) is 1.33. The van der Waals surface area contributed by atoms with Crippen LogP contribution in [0.2, 0.25) is 0 Å². The SMILES string of the molecule is Cn1ccnc1-c1cc(F)c(F)c(F)c1. The van der Waals surface area contributed by atoms with Crippen molar-refractivity contribution in [1.29, 1.82) is 0 Å². The Morgan fingerprint density at radius 3 is 2.20 bits per heavy atom. The highest BCUT2D eigenvalue weighted by atomic mass is 19.2. The molecule has 0 saturated carbocycles. The average Bonchev–Trinajstić information content (AvgIpc) is 2.60. The fraction of sp³-hybridized carbons (Fsp3) is 0.100. The lowest BCUT2D eigenvalue weighted by molar-refractivity contribution is 0.447. The molecule has 0 aliphatic heterocycles. The molecule has 0 atom stereocenters. The zero-order valence-corrected chi connectivity index (χ0v) is 7.84. The number of rotatable bonds is 1. The van der Waals surface area contributed by atoms with Crippen molar-refractivity contribution in [2.45, 2.75) is 0 Å². The summed E-state index contributed by atoms with van der Waals surface area (Å²) in [6.45, 7) is 0. The van der Waals surface area contributed by atoms with Gasteiger partial charge in [-0.05, 0) is 12.1 Å². The molecule has 0 amide bonds. The van der Waals surface area contributed by atoms with Crippen LogP contribution in [0.1, 0.15) is 0 Å². The quantitative estimate of drug-likeness (QED) is 0.664. The lowest BCUT2D eigenvalue weighted by Crippen LogP contribution is -1.96. The molecule has 0 aliphatic rings. The Bertz CT molecular complexity index is 482. The van der Waals surface area contributed by atoms with E-state index in [0.29, 0.717) is 5.82 Å². The Morgan fingerprint density at radius 1 is 1.13 bits per heavy atom. The summed E-state index contributed by atoms with van der Waals surface area (Å²) in [5.41, 5.74) is 0.207. The van der Waals surface area contributed by atoms with Gasteiger partial charge in [-0.3, -0.25) is 0 Å². The van der Waals surface area contributed by atoms with E-state index in [-0.39, 0.29) is 5.56 Å². The Kier molecular flexibility index (Phi) is 2.22. The molecule has 0 spiro atoms. The minimum atomic E-state index is -1.46. The van der Waals surface area contributed by atoms with Crippen LogP contribution in [0.4, 0.5) is 13.2 Å². The van der Waals surface area contributed by atoms with Gasteiger partial charge in [-0.2, -0.15) is 0 Å². The molecule has 2 rings (SSSR count). The topological polar surface area (TPSA) is 17.8 Å². The van der Waals surface area contributed by atoms with Gasteiger partial charge in [-0.25, -0.2) is 18.2 Å². The van der Waals surface area contributed by atoms with E-state index < -0.39 is 17.5 Å². The summed E-state index contributed by atoms with van der Waals surface area (Å²) in [7, 11) is 1.68. The first-order valence-electron chi connectivity index (χ1n) is 4.22. The zero-order valence-electron chi connectivity index (χ0n) is 7.84. The highest BCUT2D eigenvalue weighted by Gasteiger charge is 2.13. The van der Waals surface area contributed by atoms with Gasteiger partial charge in [0.2, 0.25) is 0 Å². The van der Waals surface area contributed by atoms with E-state index in [4.69, 9.17) is 0 Å². The van der Waals surface area contributed by atoms with Gasteiger partial charge in [0.15, 0.2) is 17.5 Å². The summed E-state index contributed by atoms with van der Waals surface area (Å²) in [6, 6.07) is 1.83. The second-order valence-electron chi connectivity index (χ2n) is 3.12. The molecule has 78 valence electrons. The predicted molar refractivity (Wildman–Crippen MR) is 48.5 cm³/mol. The van der Waals surface area contributed by atoms with Crippen LogP contribution in [0.5, 0.6) is 0 Å². The highest BCUT2D eigenvalue weighted by molar-refractivity contribution is 5.55. The van der Waals surface area contributed by atoms with Crippen molar-refractivity contribution < 1.29 is 13.2 Å². The van der Waals surface area contributed by atoms with E-state index in [0.717, 1.165) is 12.1 Å².